The smallest absolute Gasteiger partial charge is 0.337 e. The third kappa shape index (κ3) is 7.35. The van der Waals surface area contributed by atoms with E-state index < -0.39 is 34.0 Å². The van der Waals surface area contributed by atoms with Crippen LogP contribution in [0.1, 0.15) is 68.8 Å². The second kappa shape index (κ2) is 13.8. The van der Waals surface area contributed by atoms with Crippen LogP contribution in [0, 0.1) is 12.8 Å². The number of alkyl halides is 1. The predicted molar refractivity (Wildman–Crippen MR) is 173 cm³/mol. The first kappa shape index (κ1) is 33.4. The maximum Gasteiger partial charge on any atom is 0.337 e. The van der Waals surface area contributed by atoms with Crippen LogP contribution in [0.4, 0.5) is 10.1 Å². The summed E-state index contributed by atoms with van der Waals surface area (Å²) < 4.78 is 63.9. The zero-order valence-electron chi connectivity index (χ0n) is 26.4. The zero-order valence-corrected chi connectivity index (χ0v) is 27.2. The molecule has 2 aromatic carbocycles. The Morgan fingerprint density at radius 3 is 2.48 bits per heavy atom. The molecule has 2 unspecified atom stereocenters. The molecule has 246 valence electrons. The number of nitrogens with zero attached hydrogens (tertiary/aromatic N) is 1. The van der Waals surface area contributed by atoms with Crippen molar-refractivity contribution in [2.75, 3.05) is 44.0 Å². The number of carbonyl (C=O) groups excluding carboxylic acids is 2. The summed E-state index contributed by atoms with van der Waals surface area (Å²) in [6.45, 7) is 4.64. The van der Waals surface area contributed by atoms with Crippen molar-refractivity contribution in [2.24, 2.45) is 11.7 Å². The molecule has 1 heterocycles. The van der Waals surface area contributed by atoms with Crippen molar-refractivity contribution in [3.05, 3.63) is 82.1 Å². The van der Waals surface area contributed by atoms with Crippen LogP contribution in [0.15, 0.2) is 53.0 Å². The number of methoxy groups -OCH3 is 1. The lowest BCUT2D eigenvalue weighted by Gasteiger charge is -2.25. The quantitative estimate of drug-likeness (QED) is 0.179. The van der Waals surface area contributed by atoms with Crippen LogP contribution in [0.5, 0.6) is 0 Å². The number of sulfonamides is 1. The van der Waals surface area contributed by atoms with E-state index in [-0.39, 0.29) is 43.6 Å². The minimum Gasteiger partial charge on any atom is -0.465 e. The summed E-state index contributed by atoms with van der Waals surface area (Å²) >= 11 is 0. The Kier molecular flexibility index (Phi) is 9.99. The molecule has 1 fully saturated rings. The van der Waals surface area contributed by atoms with Crippen molar-refractivity contribution < 1.29 is 41.0 Å². The van der Waals surface area contributed by atoms with Crippen molar-refractivity contribution in [1.29, 1.82) is 0 Å². The number of hydrogen-bond acceptors (Lipinski definition) is 8. The highest BCUT2D eigenvalue weighted by Gasteiger charge is 2.33. The van der Waals surface area contributed by atoms with Crippen LogP contribution in [0.2, 0.25) is 0 Å². The van der Waals surface area contributed by atoms with Crippen LogP contribution >= 0.6 is 0 Å². The molecular weight excluding hydrogens is 615 g/mol. The summed E-state index contributed by atoms with van der Waals surface area (Å²) in [5, 5.41) is 0.495. The lowest BCUT2D eigenvalue weighted by atomic mass is 9.93. The molecule has 2 aliphatic rings. The van der Waals surface area contributed by atoms with Crippen LogP contribution in [0.25, 0.3) is 16.5 Å². The van der Waals surface area contributed by atoms with E-state index in [1.54, 1.807) is 43.3 Å². The van der Waals surface area contributed by atoms with Gasteiger partial charge in [-0.05, 0) is 66.6 Å². The number of nitrogens with two attached hydrogens (primary N) is 1. The van der Waals surface area contributed by atoms with Gasteiger partial charge in [-0.1, -0.05) is 25.1 Å². The molecule has 0 spiro atoms. The topological polar surface area (TPSA) is 138 Å². The van der Waals surface area contributed by atoms with E-state index in [9.17, 15) is 22.4 Å². The van der Waals surface area contributed by atoms with E-state index in [1.807, 2.05) is 13.0 Å². The van der Waals surface area contributed by atoms with E-state index >= 15 is 0 Å². The fraction of sp³-hybridized carbons (Fsp3) is 0.412. The number of fused-ring (bicyclic) bond motifs is 1. The predicted octanol–water partition coefficient (Wildman–Crippen LogP) is 5.43. The van der Waals surface area contributed by atoms with Crippen LogP contribution in [0.3, 0.4) is 0 Å². The number of amides is 1. The van der Waals surface area contributed by atoms with Crippen LogP contribution in [-0.2, 0) is 30.8 Å². The number of allylic oxidation sites excluding steroid dienone is 4. The molecule has 5 rings (SSSR count). The van der Waals surface area contributed by atoms with Crippen LogP contribution < -0.4 is 10.0 Å². The molecule has 12 heteroatoms. The number of aryl methyl sites for hydroxylation is 1. The number of halogens is 1. The highest BCUT2D eigenvalue weighted by molar-refractivity contribution is 7.92. The van der Waals surface area contributed by atoms with Crippen molar-refractivity contribution >= 4 is 44.1 Å². The number of benzene rings is 2. The van der Waals surface area contributed by atoms with Gasteiger partial charge >= 0.3 is 5.97 Å². The Morgan fingerprint density at radius 1 is 1.11 bits per heavy atom. The number of anilines is 1. The minimum atomic E-state index is -3.73. The third-order valence-electron chi connectivity index (χ3n) is 8.27. The van der Waals surface area contributed by atoms with Crippen LogP contribution in [-0.4, -0.2) is 66.2 Å². The van der Waals surface area contributed by atoms with E-state index in [0.29, 0.717) is 34.4 Å². The first-order valence-corrected chi connectivity index (χ1v) is 17.0. The number of furan rings is 1. The average molecular weight is 655 g/mol. The summed E-state index contributed by atoms with van der Waals surface area (Å²) in [5.41, 5.74) is 10.4. The van der Waals surface area contributed by atoms with Crippen molar-refractivity contribution in [1.82, 2.24) is 0 Å². The molecule has 0 saturated heterocycles. The maximum atomic E-state index is 14.1. The van der Waals surface area contributed by atoms with Gasteiger partial charge in [-0.15, -0.1) is 0 Å². The molecular formula is C34H39FN2O8S. The summed E-state index contributed by atoms with van der Waals surface area (Å²) in [7, 11) is -2.39. The second-order valence-corrected chi connectivity index (χ2v) is 13.7. The first-order valence-electron chi connectivity index (χ1n) is 15.1. The Hall–Kier alpha value is -4.00. The molecule has 3 aromatic rings. The van der Waals surface area contributed by atoms with E-state index in [1.165, 1.54) is 17.5 Å². The molecule has 1 saturated carbocycles. The van der Waals surface area contributed by atoms with Gasteiger partial charge in [-0.3, -0.25) is 9.10 Å². The second-order valence-electron chi connectivity index (χ2n) is 11.8. The highest BCUT2D eigenvalue weighted by Crippen LogP contribution is 2.47. The highest BCUT2D eigenvalue weighted by atomic mass is 32.2. The van der Waals surface area contributed by atoms with Gasteiger partial charge in [-0.25, -0.2) is 17.6 Å². The van der Waals surface area contributed by atoms with E-state index in [4.69, 9.17) is 24.4 Å². The third-order valence-corrected chi connectivity index (χ3v) is 9.45. The summed E-state index contributed by atoms with van der Waals surface area (Å²) in [6.07, 6.45) is 6.45. The van der Waals surface area contributed by atoms with Crippen molar-refractivity contribution in [2.45, 2.75) is 45.4 Å². The number of hydrogen-bond donors (Lipinski definition) is 1. The molecule has 10 nitrogen and oxygen atoms in total. The Labute approximate surface area is 268 Å². The van der Waals surface area contributed by atoms with Gasteiger partial charge in [0.1, 0.15) is 17.5 Å². The number of ether oxygens (including phenoxy) is 3. The number of primary amides is 1. The number of esters is 1. The molecule has 0 aliphatic heterocycles. The minimum absolute atomic E-state index is 0.0533. The Morgan fingerprint density at radius 2 is 1.85 bits per heavy atom. The van der Waals surface area contributed by atoms with Gasteiger partial charge in [0.2, 0.25) is 10.0 Å². The summed E-state index contributed by atoms with van der Waals surface area (Å²) in [4.78, 5) is 24.4. The Balaban J connectivity index is 1.29. The zero-order chi connectivity index (χ0) is 33.2. The van der Waals surface area contributed by atoms with E-state index in [2.05, 4.69) is 0 Å². The van der Waals surface area contributed by atoms with Gasteiger partial charge in [0.05, 0.1) is 63.2 Å². The number of rotatable bonds is 14. The SMILES string of the molecule is COC(=O)c1ccc(COCCOCCN(c2cc3oc(C4=CC(C)C(F)C=C4)c(C(N)=O)c3cc2C2CC2)S(C)(=O)=O)c(C)c1. The molecule has 46 heavy (non-hydrogen) atoms. The largest absolute Gasteiger partial charge is 0.465 e. The lowest BCUT2D eigenvalue weighted by Crippen LogP contribution is -2.34. The Bertz CT molecular complexity index is 1810. The molecule has 0 radical (unpaired) electrons. The van der Waals surface area contributed by atoms with Crippen molar-refractivity contribution in [3.8, 4) is 0 Å². The summed E-state index contributed by atoms with van der Waals surface area (Å²) in [6, 6.07) is 8.70. The fourth-order valence-corrected chi connectivity index (χ4v) is 6.53. The molecule has 1 aromatic heterocycles. The maximum absolute atomic E-state index is 14.1. The molecule has 2 N–H and O–H groups in total. The standard InChI is InChI=1S/C34H39FN2O8S/c1-20-15-24(34(39)42-3)7-8-25(20)19-44-14-13-43-12-11-37(46(4,40)41)29-18-30-27(17-26(29)22-5-6-22)31(33(36)38)32(45-30)23-9-10-28(35)21(2)16-23/h7-10,15-18,21-22,28H,5-6,11-14,19H2,1-4H3,(H2,36,38). The molecule has 2 aliphatic carbocycles. The van der Waals surface area contributed by atoms with Gasteiger partial charge in [0, 0.05) is 22.9 Å². The normalized spacial score (nSPS) is 18.1. The molecule has 1 amide bonds. The van der Waals surface area contributed by atoms with Gasteiger partial charge in [0.25, 0.3) is 5.91 Å². The van der Waals surface area contributed by atoms with Gasteiger partial charge < -0.3 is 24.4 Å². The monoisotopic (exact) mass is 654 g/mol. The average Bonchev–Trinajstić information content (AvgIpc) is 3.78. The molecule has 0 bridgehead atoms. The molecule has 2 atom stereocenters. The lowest BCUT2D eigenvalue weighted by molar-refractivity contribution is 0.0433. The van der Waals surface area contributed by atoms with Gasteiger partial charge in [0.15, 0.2) is 0 Å². The fourth-order valence-electron chi connectivity index (χ4n) is 5.60. The van der Waals surface area contributed by atoms with Crippen molar-refractivity contribution in [3.63, 3.8) is 0 Å². The summed E-state index contributed by atoms with van der Waals surface area (Å²) in [5.74, 6) is -1.14. The number of carbonyl (C=O) groups is 2. The van der Waals surface area contributed by atoms with E-state index in [0.717, 1.165) is 35.8 Å². The van der Waals surface area contributed by atoms with Gasteiger partial charge in [-0.2, -0.15) is 0 Å². The first-order chi connectivity index (χ1) is 21.9.